The van der Waals surface area contributed by atoms with Crippen LogP contribution in [0.1, 0.15) is 24.2 Å². The van der Waals surface area contributed by atoms with Gasteiger partial charge in [-0.15, -0.1) is 23.1 Å². The number of hydrogen-bond donors (Lipinski definition) is 1. The molecule has 1 heterocycles. The fourth-order valence-electron chi connectivity index (χ4n) is 2.21. The molecule has 0 bridgehead atoms. The summed E-state index contributed by atoms with van der Waals surface area (Å²) in [5, 5.41) is 5.94. The largest absolute Gasteiger partial charge is 0.298 e. The van der Waals surface area contributed by atoms with Crippen LogP contribution < -0.4 is 5.32 Å². The molecule has 3 nitrogen and oxygen atoms in total. The molecule has 25 heavy (non-hydrogen) atoms. The third-order valence-electron chi connectivity index (χ3n) is 3.35. The van der Waals surface area contributed by atoms with Crippen molar-refractivity contribution in [3.05, 3.63) is 63.9 Å². The number of thioether (sulfide) groups is 1. The van der Waals surface area contributed by atoms with E-state index in [2.05, 4.69) is 40.1 Å². The molecule has 1 aromatic heterocycles. The van der Waals surface area contributed by atoms with Gasteiger partial charge in [0.05, 0.1) is 5.69 Å². The van der Waals surface area contributed by atoms with E-state index in [0.717, 1.165) is 15.7 Å². The lowest BCUT2D eigenvalue weighted by Crippen LogP contribution is -2.11. The van der Waals surface area contributed by atoms with E-state index >= 15 is 0 Å². The summed E-state index contributed by atoms with van der Waals surface area (Å²) in [5.41, 5.74) is 2.51. The number of aromatic nitrogens is 1. The van der Waals surface area contributed by atoms with E-state index < -0.39 is 0 Å². The SMILES string of the molecule is CC(C)Sc1ccc(C(=O)Nc2nc(-c3ccc(Br)cc3)cs2)cc1. The number of nitrogens with zero attached hydrogens (tertiary/aromatic N) is 1. The molecule has 3 rings (SSSR count). The Hall–Kier alpha value is -1.63. The van der Waals surface area contributed by atoms with Gasteiger partial charge in [-0.1, -0.05) is 41.9 Å². The zero-order valence-corrected chi connectivity index (χ0v) is 17.0. The summed E-state index contributed by atoms with van der Waals surface area (Å²) in [6, 6.07) is 15.6. The standard InChI is InChI=1S/C19H17BrN2OS2/c1-12(2)25-16-9-5-14(6-10-16)18(23)22-19-21-17(11-24-19)13-3-7-15(20)8-4-13/h3-12H,1-2H3,(H,21,22,23). The molecule has 1 amide bonds. The van der Waals surface area contributed by atoms with E-state index in [0.29, 0.717) is 15.9 Å². The van der Waals surface area contributed by atoms with E-state index in [-0.39, 0.29) is 5.91 Å². The Labute approximate surface area is 164 Å². The van der Waals surface area contributed by atoms with E-state index in [1.807, 2.05) is 53.9 Å². The molecule has 2 aromatic carbocycles. The number of halogens is 1. The van der Waals surface area contributed by atoms with Crippen molar-refractivity contribution in [1.82, 2.24) is 4.98 Å². The summed E-state index contributed by atoms with van der Waals surface area (Å²) in [4.78, 5) is 18.0. The zero-order valence-electron chi connectivity index (χ0n) is 13.8. The smallest absolute Gasteiger partial charge is 0.257 e. The fraction of sp³-hybridized carbons (Fsp3) is 0.158. The van der Waals surface area contributed by atoms with Gasteiger partial charge in [0.2, 0.25) is 0 Å². The maximum absolute atomic E-state index is 12.4. The van der Waals surface area contributed by atoms with Crippen molar-refractivity contribution in [2.75, 3.05) is 5.32 Å². The van der Waals surface area contributed by atoms with Crippen LogP contribution in [0.5, 0.6) is 0 Å². The highest BCUT2D eigenvalue weighted by Gasteiger charge is 2.10. The summed E-state index contributed by atoms with van der Waals surface area (Å²) >= 11 is 6.63. The zero-order chi connectivity index (χ0) is 17.8. The van der Waals surface area contributed by atoms with Crippen LogP contribution in [0.4, 0.5) is 5.13 Å². The van der Waals surface area contributed by atoms with Gasteiger partial charge in [-0.2, -0.15) is 0 Å². The number of carbonyl (C=O) groups excluding carboxylic acids is 1. The summed E-state index contributed by atoms with van der Waals surface area (Å²) in [6.07, 6.45) is 0. The molecular formula is C19H17BrN2OS2. The van der Waals surface area contributed by atoms with Gasteiger partial charge in [-0.3, -0.25) is 10.1 Å². The highest BCUT2D eigenvalue weighted by Crippen LogP contribution is 2.27. The van der Waals surface area contributed by atoms with Crippen molar-refractivity contribution in [2.45, 2.75) is 24.0 Å². The van der Waals surface area contributed by atoms with E-state index in [4.69, 9.17) is 0 Å². The first-order chi connectivity index (χ1) is 12.0. The number of thiazole rings is 1. The maximum Gasteiger partial charge on any atom is 0.257 e. The van der Waals surface area contributed by atoms with Crippen LogP contribution in [0.2, 0.25) is 0 Å². The van der Waals surface area contributed by atoms with Crippen LogP contribution in [0.3, 0.4) is 0 Å². The number of benzene rings is 2. The van der Waals surface area contributed by atoms with Crippen LogP contribution in [0.15, 0.2) is 63.3 Å². The Morgan fingerprint density at radius 1 is 1.12 bits per heavy atom. The number of anilines is 1. The van der Waals surface area contributed by atoms with Crippen LogP contribution in [-0.2, 0) is 0 Å². The Bertz CT molecular complexity index is 858. The van der Waals surface area contributed by atoms with E-state index in [9.17, 15) is 4.79 Å². The van der Waals surface area contributed by atoms with Gasteiger partial charge in [0, 0.05) is 31.1 Å². The molecule has 1 N–H and O–H groups in total. The van der Waals surface area contributed by atoms with Gasteiger partial charge >= 0.3 is 0 Å². The number of rotatable bonds is 5. The Balaban J connectivity index is 1.68. The first kappa shape index (κ1) is 18.2. The average Bonchev–Trinajstić information content (AvgIpc) is 3.04. The number of carbonyl (C=O) groups is 1. The second-order valence-electron chi connectivity index (χ2n) is 5.69. The second kappa shape index (κ2) is 8.17. The molecular weight excluding hydrogens is 416 g/mol. The predicted molar refractivity (Wildman–Crippen MR) is 111 cm³/mol. The predicted octanol–water partition coefficient (Wildman–Crippen LogP) is 6.33. The third-order valence-corrected chi connectivity index (χ3v) is 5.66. The Kier molecular flexibility index (Phi) is 5.93. The van der Waals surface area contributed by atoms with Crippen molar-refractivity contribution in [3.63, 3.8) is 0 Å². The minimum Gasteiger partial charge on any atom is -0.298 e. The minimum atomic E-state index is -0.141. The lowest BCUT2D eigenvalue weighted by atomic mass is 10.2. The van der Waals surface area contributed by atoms with Gasteiger partial charge < -0.3 is 0 Å². The first-order valence-electron chi connectivity index (χ1n) is 7.81. The summed E-state index contributed by atoms with van der Waals surface area (Å²) in [6.45, 7) is 4.30. The monoisotopic (exact) mass is 432 g/mol. The fourth-order valence-corrected chi connectivity index (χ4v) is 4.03. The Morgan fingerprint density at radius 2 is 1.80 bits per heavy atom. The third kappa shape index (κ3) is 4.93. The quantitative estimate of drug-likeness (QED) is 0.479. The van der Waals surface area contributed by atoms with E-state index in [1.165, 1.54) is 16.2 Å². The van der Waals surface area contributed by atoms with Gasteiger partial charge in [-0.25, -0.2) is 4.98 Å². The van der Waals surface area contributed by atoms with Crippen molar-refractivity contribution >= 4 is 50.1 Å². The van der Waals surface area contributed by atoms with Crippen molar-refractivity contribution < 1.29 is 4.79 Å². The molecule has 0 saturated carbocycles. The summed E-state index contributed by atoms with van der Waals surface area (Å²) in [5.74, 6) is -0.141. The molecule has 0 aliphatic carbocycles. The Morgan fingerprint density at radius 3 is 2.44 bits per heavy atom. The molecule has 3 aromatic rings. The van der Waals surface area contributed by atoms with Gasteiger partial charge in [-0.05, 0) is 36.4 Å². The number of nitrogens with one attached hydrogen (secondary N) is 1. The van der Waals surface area contributed by atoms with Crippen LogP contribution in [0, 0.1) is 0 Å². The van der Waals surface area contributed by atoms with Crippen molar-refractivity contribution in [1.29, 1.82) is 0 Å². The molecule has 0 atom stereocenters. The molecule has 0 unspecified atom stereocenters. The van der Waals surface area contributed by atoms with Crippen LogP contribution >= 0.6 is 39.0 Å². The molecule has 0 spiro atoms. The summed E-state index contributed by atoms with van der Waals surface area (Å²) in [7, 11) is 0. The second-order valence-corrected chi connectivity index (χ2v) is 9.11. The van der Waals surface area contributed by atoms with Crippen LogP contribution in [-0.4, -0.2) is 16.1 Å². The lowest BCUT2D eigenvalue weighted by Gasteiger charge is -2.06. The molecule has 0 saturated heterocycles. The average molecular weight is 433 g/mol. The number of amides is 1. The molecule has 0 aliphatic rings. The normalized spacial score (nSPS) is 10.9. The topological polar surface area (TPSA) is 42.0 Å². The maximum atomic E-state index is 12.4. The van der Waals surface area contributed by atoms with Crippen molar-refractivity contribution in [2.24, 2.45) is 0 Å². The highest BCUT2D eigenvalue weighted by molar-refractivity contribution is 9.10. The molecule has 0 fully saturated rings. The first-order valence-corrected chi connectivity index (χ1v) is 10.4. The van der Waals surface area contributed by atoms with Gasteiger partial charge in [0.1, 0.15) is 0 Å². The van der Waals surface area contributed by atoms with E-state index in [1.54, 1.807) is 11.8 Å². The molecule has 128 valence electrons. The molecule has 6 heteroatoms. The summed E-state index contributed by atoms with van der Waals surface area (Å²) < 4.78 is 1.03. The number of hydrogen-bond acceptors (Lipinski definition) is 4. The van der Waals surface area contributed by atoms with Gasteiger partial charge in [0.15, 0.2) is 5.13 Å². The lowest BCUT2D eigenvalue weighted by molar-refractivity contribution is 0.102. The highest BCUT2D eigenvalue weighted by atomic mass is 79.9. The molecule has 0 radical (unpaired) electrons. The van der Waals surface area contributed by atoms with Crippen molar-refractivity contribution in [3.8, 4) is 11.3 Å². The minimum absolute atomic E-state index is 0.141. The van der Waals surface area contributed by atoms with Gasteiger partial charge in [0.25, 0.3) is 5.91 Å². The van der Waals surface area contributed by atoms with Crippen LogP contribution in [0.25, 0.3) is 11.3 Å². The molecule has 0 aliphatic heterocycles.